The van der Waals surface area contributed by atoms with E-state index in [4.69, 9.17) is 9.47 Å². The van der Waals surface area contributed by atoms with Gasteiger partial charge in [-0.05, 0) is 70.5 Å². The quantitative estimate of drug-likeness (QED) is 0.584. The highest BCUT2D eigenvalue weighted by atomic mass is 16.6. The van der Waals surface area contributed by atoms with E-state index in [9.17, 15) is 9.59 Å². The number of amides is 2. The second-order valence-electron chi connectivity index (χ2n) is 7.78. The molecular formula is C20H31N3O4. The summed E-state index contributed by atoms with van der Waals surface area (Å²) >= 11 is 0. The fraction of sp³-hybridized carbons (Fsp3) is 0.600. The van der Waals surface area contributed by atoms with Gasteiger partial charge in [-0.3, -0.25) is 9.69 Å². The fourth-order valence-electron chi connectivity index (χ4n) is 3.28. The number of nitrogens with zero attached hydrogens (tertiary/aromatic N) is 2. The standard InChI is InChI=1S/C20H31N3O4/c1-14-16-12-23(19(25)27-20(2,3)4)11-15(16)10-17(18(14)26-6)22(13-24)9-7-8-21-5/h10,13,21H,7-9,11-12H2,1-6H3. The van der Waals surface area contributed by atoms with Crippen LogP contribution in [0.3, 0.4) is 0 Å². The van der Waals surface area contributed by atoms with Gasteiger partial charge in [0.25, 0.3) is 0 Å². The van der Waals surface area contributed by atoms with Crippen LogP contribution in [-0.4, -0.2) is 50.3 Å². The van der Waals surface area contributed by atoms with Gasteiger partial charge in [0, 0.05) is 13.1 Å². The first-order valence-corrected chi connectivity index (χ1v) is 9.25. The molecule has 0 atom stereocenters. The second kappa shape index (κ2) is 8.61. The molecule has 0 unspecified atom stereocenters. The van der Waals surface area contributed by atoms with Crippen molar-refractivity contribution in [3.05, 3.63) is 22.8 Å². The molecule has 0 aliphatic carbocycles. The van der Waals surface area contributed by atoms with Gasteiger partial charge in [0.05, 0.1) is 19.3 Å². The van der Waals surface area contributed by atoms with E-state index in [1.165, 1.54) is 0 Å². The first-order chi connectivity index (χ1) is 12.7. The number of hydrogen-bond donors (Lipinski definition) is 1. The van der Waals surface area contributed by atoms with Gasteiger partial charge in [0.1, 0.15) is 11.4 Å². The van der Waals surface area contributed by atoms with E-state index in [0.717, 1.165) is 41.8 Å². The largest absolute Gasteiger partial charge is 0.494 e. The SMILES string of the molecule is CNCCCN(C=O)c1cc2c(c(C)c1OC)CN(C(=O)OC(C)(C)C)C2. The van der Waals surface area contributed by atoms with Crippen molar-refractivity contribution in [2.45, 2.75) is 52.8 Å². The summed E-state index contributed by atoms with van der Waals surface area (Å²) in [6.07, 6.45) is 1.33. The molecule has 0 saturated heterocycles. The molecule has 7 heteroatoms. The van der Waals surface area contributed by atoms with E-state index in [0.29, 0.717) is 25.4 Å². The summed E-state index contributed by atoms with van der Waals surface area (Å²) in [5.74, 6) is 0.677. The predicted octanol–water partition coefficient (Wildman–Crippen LogP) is 2.83. The maximum absolute atomic E-state index is 12.4. The van der Waals surface area contributed by atoms with E-state index in [1.807, 2.05) is 40.8 Å². The summed E-state index contributed by atoms with van der Waals surface area (Å²) in [4.78, 5) is 27.5. The van der Waals surface area contributed by atoms with Gasteiger partial charge in [0.2, 0.25) is 6.41 Å². The number of ether oxygens (including phenoxy) is 2. The van der Waals surface area contributed by atoms with Crippen LogP contribution in [0, 0.1) is 6.92 Å². The summed E-state index contributed by atoms with van der Waals surface area (Å²) in [6, 6.07) is 1.96. The Morgan fingerprint density at radius 2 is 2.07 bits per heavy atom. The van der Waals surface area contributed by atoms with Crippen LogP contribution in [0.25, 0.3) is 0 Å². The van der Waals surface area contributed by atoms with Crippen molar-refractivity contribution in [3.63, 3.8) is 0 Å². The Kier molecular flexibility index (Phi) is 6.70. The minimum Gasteiger partial charge on any atom is -0.494 e. The van der Waals surface area contributed by atoms with E-state index >= 15 is 0 Å². The average molecular weight is 377 g/mol. The zero-order valence-corrected chi connectivity index (χ0v) is 17.2. The normalized spacial score (nSPS) is 13.3. The molecule has 27 heavy (non-hydrogen) atoms. The molecule has 2 amide bonds. The number of benzene rings is 1. The van der Waals surface area contributed by atoms with E-state index in [2.05, 4.69) is 5.32 Å². The lowest BCUT2D eigenvalue weighted by Gasteiger charge is -2.24. The van der Waals surface area contributed by atoms with Crippen LogP contribution in [0.15, 0.2) is 6.07 Å². The average Bonchev–Trinajstić information content (AvgIpc) is 3.02. The van der Waals surface area contributed by atoms with Gasteiger partial charge in [-0.1, -0.05) is 0 Å². The molecule has 1 aliphatic rings. The first kappa shape index (κ1) is 21.0. The molecular weight excluding hydrogens is 346 g/mol. The lowest BCUT2D eigenvalue weighted by atomic mass is 10.0. The highest BCUT2D eigenvalue weighted by Crippen LogP contribution is 2.39. The van der Waals surface area contributed by atoms with E-state index < -0.39 is 5.60 Å². The van der Waals surface area contributed by atoms with Crippen molar-refractivity contribution in [1.82, 2.24) is 10.2 Å². The molecule has 1 heterocycles. The number of fused-ring (bicyclic) bond motifs is 1. The third kappa shape index (κ3) is 4.91. The van der Waals surface area contributed by atoms with Crippen LogP contribution in [0.2, 0.25) is 0 Å². The predicted molar refractivity (Wildman–Crippen MR) is 105 cm³/mol. The minimum absolute atomic E-state index is 0.333. The molecule has 0 aromatic heterocycles. The first-order valence-electron chi connectivity index (χ1n) is 9.25. The molecule has 1 aliphatic heterocycles. The lowest BCUT2D eigenvalue weighted by molar-refractivity contribution is -0.107. The number of hydrogen-bond acceptors (Lipinski definition) is 5. The molecule has 7 nitrogen and oxygen atoms in total. The van der Waals surface area contributed by atoms with E-state index in [-0.39, 0.29) is 6.09 Å². The summed E-state index contributed by atoms with van der Waals surface area (Å²) in [5.41, 5.74) is 3.24. The molecule has 150 valence electrons. The lowest BCUT2D eigenvalue weighted by Crippen LogP contribution is -2.33. The number of rotatable bonds is 7. The number of methoxy groups -OCH3 is 1. The molecule has 1 aromatic rings. The van der Waals surface area contributed by atoms with Crippen LogP contribution in [0.5, 0.6) is 5.75 Å². The number of carbonyl (C=O) groups is 2. The van der Waals surface area contributed by atoms with Gasteiger partial charge in [-0.15, -0.1) is 0 Å². The monoisotopic (exact) mass is 377 g/mol. The number of anilines is 1. The molecule has 1 N–H and O–H groups in total. The smallest absolute Gasteiger partial charge is 0.410 e. The zero-order chi connectivity index (χ0) is 20.2. The topological polar surface area (TPSA) is 71.1 Å². The van der Waals surface area contributed by atoms with Gasteiger partial charge in [-0.2, -0.15) is 0 Å². The molecule has 0 fully saturated rings. The number of carbonyl (C=O) groups excluding carboxylic acids is 2. The fourth-order valence-corrected chi connectivity index (χ4v) is 3.28. The summed E-state index contributed by atoms with van der Waals surface area (Å²) in [7, 11) is 3.49. The molecule has 0 saturated carbocycles. The maximum atomic E-state index is 12.4. The van der Waals surface area contributed by atoms with Crippen molar-refractivity contribution < 1.29 is 19.1 Å². The third-order valence-electron chi connectivity index (χ3n) is 4.55. The van der Waals surface area contributed by atoms with Crippen molar-refractivity contribution in [3.8, 4) is 5.75 Å². The Labute approximate surface area is 161 Å². The van der Waals surface area contributed by atoms with Crippen molar-refractivity contribution in [1.29, 1.82) is 0 Å². The van der Waals surface area contributed by atoms with Crippen molar-refractivity contribution in [2.24, 2.45) is 0 Å². The third-order valence-corrected chi connectivity index (χ3v) is 4.55. The van der Waals surface area contributed by atoms with Crippen LogP contribution in [0.1, 0.15) is 43.9 Å². The Morgan fingerprint density at radius 3 is 2.63 bits per heavy atom. The maximum Gasteiger partial charge on any atom is 0.410 e. The highest BCUT2D eigenvalue weighted by molar-refractivity contribution is 5.81. The zero-order valence-electron chi connectivity index (χ0n) is 17.2. The summed E-state index contributed by atoms with van der Waals surface area (Å²) in [6.45, 7) is 9.89. The van der Waals surface area contributed by atoms with E-state index in [1.54, 1.807) is 16.9 Å². The summed E-state index contributed by atoms with van der Waals surface area (Å²) in [5, 5.41) is 3.09. The summed E-state index contributed by atoms with van der Waals surface area (Å²) < 4.78 is 11.1. The molecule has 2 rings (SSSR count). The molecule has 0 bridgehead atoms. The number of nitrogens with one attached hydrogen (secondary N) is 1. The van der Waals surface area contributed by atoms with Crippen molar-refractivity contribution in [2.75, 3.05) is 32.1 Å². The molecule has 0 spiro atoms. The van der Waals surface area contributed by atoms with Gasteiger partial charge in [0.15, 0.2) is 0 Å². The van der Waals surface area contributed by atoms with Crippen LogP contribution >= 0.6 is 0 Å². The van der Waals surface area contributed by atoms with Crippen LogP contribution < -0.4 is 15.0 Å². The second-order valence-corrected chi connectivity index (χ2v) is 7.78. The highest BCUT2D eigenvalue weighted by Gasteiger charge is 2.31. The van der Waals surface area contributed by atoms with Gasteiger partial charge < -0.3 is 19.7 Å². The van der Waals surface area contributed by atoms with Gasteiger partial charge >= 0.3 is 6.09 Å². The van der Waals surface area contributed by atoms with Gasteiger partial charge in [-0.25, -0.2) is 4.79 Å². The van der Waals surface area contributed by atoms with Crippen molar-refractivity contribution >= 4 is 18.2 Å². The Hall–Kier alpha value is -2.28. The Bertz CT molecular complexity index is 697. The Morgan fingerprint density at radius 1 is 1.37 bits per heavy atom. The van der Waals surface area contributed by atoms with Crippen LogP contribution in [-0.2, 0) is 22.6 Å². The Balaban J connectivity index is 2.30. The van der Waals surface area contributed by atoms with Crippen LogP contribution in [0.4, 0.5) is 10.5 Å². The molecule has 0 radical (unpaired) electrons. The molecule has 1 aromatic carbocycles. The minimum atomic E-state index is -0.536.